The number of ketones is 1. The predicted molar refractivity (Wildman–Crippen MR) is 61.5 cm³/mol. The van der Waals surface area contributed by atoms with Crippen LogP contribution in [0.1, 0.15) is 28.4 Å². The smallest absolute Gasteiger partial charge is 0.187 e. The minimum Gasteiger partial charge on any atom is -0.292 e. The van der Waals surface area contributed by atoms with Crippen molar-refractivity contribution in [3.8, 4) is 0 Å². The number of benzene rings is 1. The summed E-state index contributed by atoms with van der Waals surface area (Å²) in [5.41, 5.74) is 1.78. The molecule has 3 nitrogen and oxygen atoms in total. The van der Waals surface area contributed by atoms with E-state index in [0.29, 0.717) is 11.6 Å². The number of carbonyl (C=O) groups is 1. The molecule has 4 heteroatoms. The van der Waals surface area contributed by atoms with Crippen molar-refractivity contribution in [3.63, 3.8) is 0 Å². The molecule has 1 heterocycles. The van der Waals surface area contributed by atoms with Crippen LogP contribution in [0.15, 0.2) is 36.5 Å². The topological polar surface area (TPSA) is 42.9 Å². The van der Waals surface area contributed by atoms with Crippen LogP contribution in [0.25, 0.3) is 0 Å². The Bertz CT molecular complexity index is 495. The van der Waals surface area contributed by atoms with Crippen molar-refractivity contribution < 1.29 is 4.79 Å². The summed E-state index contributed by atoms with van der Waals surface area (Å²) >= 11 is 1.09. The van der Waals surface area contributed by atoms with Crippen LogP contribution in [0.5, 0.6) is 0 Å². The van der Waals surface area contributed by atoms with Crippen molar-refractivity contribution in [2.75, 3.05) is 0 Å². The lowest BCUT2D eigenvalue weighted by Crippen LogP contribution is -2.03. The van der Waals surface area contributed by atoms with Gasteiger partial charge in [0.2, 0.25) is 0 Å². The number of carbonyl (C=O) groups excluding carboxylic acids is 1. The fourth-order valence-corrected chi connectivity index (χ4v) is 2.44. The Morgan fingerprint density at radius 2 is 2.12 bits per heavy atom. The standard InChI is InChI=1S/C12H10N2OS/c15-12(11-7-13-16-14-11)10-6-9(10)8-4-2-1-3-5-8/h1-5,7,9-10H,6H2. The Hall–Kier alpha value is -1.55. The van der Waals surface area contributed by atoms with Gasteiger partial charge in [-0.3, -0.25) is 4.79 Å². The van der Waals surface area contributed by atoms with Crippen molar-refractivity contribution in [1.29, 1.82) is 0 Å². The van der Waals surface area contributed by atoms with Crippen LogP contribution < -0.4 is 0 Å². The SMILES string of the molecule is O=C(c1cnsn1)C1CC1c1ccccc1. The highest BCUT2D eigenvalue weighted by Gasteiger charge is 2.44. The van der Waals surface area contributed by atoms with Gasteiger partial charge in [0.25, 0.3) is 0 Å². The Kier molecular flexibility index (Phi) is 2.29. The molecule has 1 aliphatic rings. The van der Waals surface area contributed by atoms with Crippen LogP contribution in [-0.2, 0) is 0 Å². The molecule has 0 aliphatic heterocycles. The van der Waals surface area contributed by atoms with Crippen LogP contribution in [0.4, 0.5) is 0 Å². The van der Waals surface area contributed by atoms with Gasteiger partial charge < -0.3 is 0 Å². The van der Waals surface area contributed by atoms with Crippen molar-refractivity contribution in [1.82, 2.24) is 8.75 Å². The molecule has 0 amide bonds. The van der Waals surface area contributed by atoms with Crippen molar-refractivity contribution >= 4 is 17.5 Å². The summed E-state index contributed by atoms with van der Waals surface area (Å²) in [6.07, 6.45) is 2.51. The first-order valence-electron chi connectivity index (χ1n) is 5.23. The second-order valence-corrected chi connectivity index (χ2v) is 4.57. The predicted octanol–water partition coefficient (Wildman–Crippen LogP) is 2.52. The van der Waals surface area contributed by atoms with Crippen molar-refractivity contribution in [3.05, 3.63) is 47.8 Å². The van der Waals surface area contributed by atoms with E-state index in [1.165, 1.54) is 5.56 Å². The van der Waals surface area contributed by atoms with Gasteiger partial charge in [-0.05, 0) is 17.9 Å². The van der Waals surface area contributed by atoms with Gasteiger partial charge in [-0.2, -0.15) is 8.75 Å². The lowest BCUT2D eigenvalue weighted by atomic mass is 10.1. The van der Waals surface area contributed by atoms with Gasteiger partial charge in [0.15, 0.2) is 5.78 Å². The molecule has 1 aromatic carbocycles. The Balaban J connectivity index is 1.75. The van der Waals surface area contributed by atoms with Gasteiger partial charge in [0.05, 0.1) is 17.9 Å². The molecule has 0 N–H and O–H groups in total. The van der Waals surface area contributed by atoms with Crippen molar-refractivity contribution in [2.24, 2.45) is 5.92 Å². The van der Waals surface area contributed by atoms with Gasteiger partial charge in [-0.25, -0.2) is 0 Å². The average molecular weight is 230 g/mol. The monoisotopic (exact) mass is 230 g/mol. The lowest BCUT2D eigenvalue weighted by Gasteiger charge is -1.97. The highest BCUT2D eigenvalue weighted by atomic mass is 32.1. The molecular weight excluding hydrogens is 220 g/mol. The maximum Gasteiger partial charge on any atom is 0.187 e. The Labute approximate surface area is 97.5 Å². The van der Waals surface area contributed by atoms with E-state index in [1.54, 1.807) is 6.20 Å². The summed E-state index contributed by atoms with van der Waals surface area (Å²) < 4.78 is 7.85. The van der Waals surface area contributed by atoms with Gasteiger partial charge in [-0.1, -0.05) is 30.3 Å². The summed E-state index contributed by atoms with van der Waals surface area (Å²) in [4.78, 5) is 12.0. The van der Waals surface area contributed by atoms with Crippen molar-refractivity contribution in [2.45, 2.75) is 12.3 Å². The molecule has 2 atom stereocenters. The zero-order valence-corrected chi connectivity index (χ0v) is 9.35. The second kappa shape index (κ2) is 3.79. The molecule has 1 fully saturated rings. The molecule has 3 rings (SSSR count). The molecule has 80 valence electrons. The maximum atomic E-state index is 12.0. The van der Waals surface area contributed by atoms with Crippen LogP contribution >= 0.6 is 11.7 Å². The fraction of sp³-hybridized carbons (Fsp3) is 0.250. The van der Waals surface area contributed by atoms with E-state index in [9.17, 15) is 4.79 Å². The van der Waals surface area contributed by atoms with E-state index < -0.39 is 0 Å². The Morgan fingerprint density at radius 3 is 2.81 bits per heavy atom. The largest absolute Gasteiger partial charge is 0.292 e. The van der Waals surface area contributed by atoms with Gasteiger partial charge in [-0.15, -0.1) is 0 Å². The van der Waals surface area contributed by atoms with E-state index in [-0.39, 0.29) is 11.7 Å². The normalized spacial score (nSPS) is 23.0. The van der Waals surface area contributed by atoms with E-state index in [2.05, 4.69) is 20.9 Å². The van der Waals surface area contributed by atoms with E-state index in [1.807, 2.05) is 18.2 Å². The molecular formula is C12H10N2OS. The minimum atomic E-state index is 0.117. The van der Waals surface area contributed by atoms with Gasteiger partial charge >= 0.3 is 0 Å². The van der Waals surface area contributed by atoms with Gasteiger partial charge in [0.1, 0.15) is 5.69 Å². The first-order chi connectivity index (χ1) is 7.86. The summed E-state index contributed by atoms with van der Waals surface area (Å²) in [6, 6.07) is 10.2. The molecule has 16 heavy (non-hydrogen) atoms. The number of nitrogens with zero attached hydrogens (tertiary/aromatic N) is 2. The number of aromatic nitrogens is 2. The second-order valence-electron chi connectivity index (χ2n) is 4.02. The third-order valence-electron chi connectivity index (χ3n) is 2.97. The molecule has 0 radical (unpaired) electrons. The third-order valence-corrected chi connectivity index (χ3v) is 3.45. The number of Topliss-reactive ketones (excluding diaryl/α,β-unsaturated/α-hetero) is 1. The fourth-order valence-electron chi connectivity index (χ4n) is 2.02. The lowest BCUT2D eigenvalue weighted by molar-refractivity contribution is 0.0961. The van der Waals surface area contributed by atoms with Crippen LogP contribution in [0, 0.1) is 5.92 Å². The highest BCUT2D eigenvalue weighted by molar-refractivity contribution is 6.99. The molecule has 1 saturated carbocycles. The molecule has 0 spiro atoms. The summed E-state index contributed by atoms with van der Waals surface area (Å²) in [5.74, 6) is 0.643. The molecule has 2 unspecified atom stereocenters. The van der Waals surface area contributed by atoms with Crippen LogP contribution in [-0.4, -0.2) is 14.5 Å². The van der Waals surface area contributed by atoms with E-state index in [4.69, 9.17) is 0 Å². The first-order valence-corrected chi connectivity index (χ1v) is 5.96. The molecule has 2 aromatic rings. The maximum absolute atomic E-state index is 12.0. The molecule has 1 aromatic heterocycles. The highest BCUT2D eigenvalue weighted by Crippen LogP contribution is 2.48. The number of hydrogen-bond acceptors (Lipinski definition) is 4. The summed E-state index contributed by atoms with van der Waals surface area (Å²) in [7, 11) is 0. The quantitative estimate of drug-likeness (QED) is 0.761. The van der Waals surface area contributed by atoms with E-state index >= 15 is 0 Å². The summed E-state index contributed by atoms with van der Waals surface area (Å²) in [5, 5.41) is 0. The average Bonchev–Trinajstić information content (AvgIpc) is 2.95. The Morgan fingerprint density at radius 1 is 1.31 bits per heavy atom. The zero-order chi connectivity index (χ0) is 11.0. The van der Waals surface area contributed by atoms with Crippen LogP contribution in [0.2, 0.25) is 0 Å². The third kappa shape index (κ3) is 1.65. The zero-order valence-electron chi connectivity index (χ0n) is 8.54. The number of hydrogen-bond donors (Lipinski definition) is 0. The van der Waals surface area contributed by atoms with Crippen LogP contribution in [0.3, 0.4) is 0 Å². The summed E-state index contributed by atoms with van der Waals surface area (Å²) in [6.45, 7) is 0. The van der Waals surface area contributed by atoms with E-state index in [0.717, 1.165) is 18.1 Å². The number of rotatable bonds is 3. The molecule has 1 aliphatic carbocycles. The molecule has 0 bridgehead atoms. The van der Waals surface area contributed by atoms with Gasteiger partial charge in [0, 0.05) is 5.92 Å². The minimum absolute atomic E-state index is 0.117. The first kappa shape index (κ1) is 9.66. The molecule has 0 saturated heterocycles.